The van der Waals surface area contributed by atoms with Gasteiger partial charge in [-0.2, -0.15) is 0 Å². The number of rotatable bonds is 6. The predicted octanol–water partition coefficient (Wildman–Crippen LogP) is 2.51. The molecule has 18 heavy (non-hydrogen) atoms. The van der Waals surface area contributed by atoms with Gasteiger partial charge in [-0.05, 0) is 45.7 Å². The Kier molecular flexibility index (Phi) is 6.61. The molecular formula is C15H32N2O. The van der Waals surface area contributed by atoms with Gasteiger partial charge in [0.05, 0.1) is 5.60 Å². The monoisotopic (exact) mass is 256 g/mol. The van der Waals surface area contributed by atoms with Gasteiger partial charge in [0.1, 0.15) is 0 Å². The van der Waals surface area contributed by atoms with Crippen LogP contribution in [0.15, 0.2) is 0 Å². The summed E-state index contributed by atoms with van der Waals surface area (Å²) in [6.07, 6.45) is 3.63. The zero-order chi connectivity index (χ0) is 13.6. The summed E-state index contributed by atoms with van der Waals surface area (Å²) >= 11 is 0. The summed E-state index contributed by atoms with van der Waals surface area (Å²) in [4.78, 5) is 2.61. The average molecular weight is 256 g/mol. The molecule has 0 aliphatic carbocycles. The van der Waals surface area contributed by atoms with Crippen LogP contribution in [0.5, 0.6) is 0 Å². The molecule has 1 N–H and O–H groups in total. The Morgan fingerprint density at radius 2 is 2.17 bits per heavy atom. The Morgan fingerprint density at radius 1 is 1.44 bits per heavy atom. The van der Waals surface area contributed by atoms with Crippen molar-refractivity contribution in [3.05, 3.63) is 0 Å². The molecule has 108 valence electrons. The highest BCUT2D eigenvalue weighted by molar-refractivity contribution is 4.81. The first-order valence-corrected chi connectivity index (χ1v) is 7.49. The summed E-state index contributed by atoms with van der Waals surface area (Å²) in [6, 6.07) is 0.656. The first kappa shape index (κ1) is 15.9. The highest BCUT2D eigenvalue weighted by Gasteiger charge is 2.23. The van der Waals surface area contributed by atoms with E-state index in [1.165, 1.54) is 32.5 Å². The Morgan fingerprint density at radius 3 is 2.78 bits per heavy atom. The number of hydrogen-bond acceptors (Lipinski definition) is 3. The molecule has 1 rings (SSSR count). The number of nitrogens with one attached hydrogen (secondary N) is 1. The van der Waals surface area contributed by atoms with Gasteiger partial charge in [-0.25, -0.2) is 0 Å². The Hall–Kier alpha value is -0.120. The van der Waals surface area contributed by atoms with Crippen molar-refractivity contribution in [3.8, 4) is 0 Å². The molecule has 1 fully saturated rings. The van der Waals surface area contributed by atoms with Gasteiger partial charge in [-0.3, -0.25) is 0 Å². The zero-order valence-corrected chi connectivity index (χ0v) is 13.0. The molecule has 2 atom stereocenters. The van der Waals surface area contributed by atoms with Crippen LogP contribution in [0.2, 0.25) is 0 Å². The zero-order valence-electron chi connectivity index (χ0n) is 13.0. The van der Waals surface area contributed by atoms with E-state index in [0.29, 0.717) is 6.04 Å². The Labute approximate surface area is 113 Å². The SMILES string of the molecule is CCC(C)C1CN(CCC(C)(C)OC)CCCN1. The summed E-state index contributed by atoms with van der Waals surface area (Å²) in [7, 11) is 1.81. The molecule has 1 aliphatic heterocycles. The van der Waals surface area contributed by atoms with Gasteiger partial charge >= 0.3 is 0 Å². The molecule has 0 aromatic heterocycles. The molecule has 0 spiro atoms. The van der Waals surface area contributed by atoms with E-state index in [-0.39, 0.29) is 5.60 Å². The third kappa shape index (κ3) is 5.25. The van der Waals surface area contributed by atoms with Crippen LogP contribution in [0, 0.1) is 5.92 Å². The van der Waals surface area contributed by atoms with Gasteiger partial charge in [-0.15, -0.1) is 0 Å². The Balaban J connectivity index is 2.44. The molecular weight excluding hydrogens is 224 g/mol. The van der Waals surface area contributed by atoms with Gasteiger partial charge in [0, 0.05) is 26.2 Å². The van der Waals surface area contributed by atoms with Crippen molar-refractivity contribution in [2.45, 2.75) is 58.6 Å². The van der Waals surface area contributed by atoms with Crippen LogP contribution >= 0.6 is 0 Å². The fourth-order valence-electron chi connectivity index (χ4n) is 2.42. The van der Waals surface area contributed by atoms with E-state index >= 15 is 0 Å². The van der Waals surface area contributed by atoms with Crippen molar-refractivity contribution in [2.24, 2.45) is 5.92 Å². The fraction of sp³-hybridized carbons (Fsp3) is 1.00. The summed E-state index contributed by atoms with van der Waals surface area (Å²) in [5.74, 6) is 0.765. The molecule has 2 unspecified atom stereocenters. The average Bonchev–Trinajstić information content (AvgIpc) is 2.61. The maximum absolute atomic E-state index is 5.51. The third-order valence-corrected chi connectivity index (χ3v) is 4.43. The van der Waals surface area contributed by atoms with Gasteiger partial charge in [-0.1, -0.05) is 20.3 Å². The summed E-state index contributed by atoms with van der Waals surface area (Å²) < 4.78 is 5.51. The highest BCUT2D eigenvalue weighted by Crippen LogP contribution is 2.16. The molecule has 0 bridgehead atoms. The van der Waals surface area contributed by atoms with Crippen LogP contribution < -0.4 is 5.32 Å². The maximum Gasteiger partial charge on any atom is 0.0634 e. The predicted molar refractivity (Wildman–Crippen MR) is 78.0 cm³/mol. The lowest BCUT2D eigenvalue weighted by atomic mass is 9.98. The van der Waals surface area contributed by atoms with Crippen LogP contribution in [0.3, 0.4) is 0 Å². The third-order valence-electron chi connectivity index (χ3n) is 4.43. The Bertz CT molecular complexity index is 231. The van der Waals surface area contributed by atoms with Gasteiger partial charge in [0.25, 0.3) is 0 Å². The maximum atomic E-state index is 5.51. The van der Waals surface area contributed by atoms with Crippen molar-refractivity contribution < 1.29 is 4.74 Å². The van der Waals surface area contributed by atoms with E-state index in [9.17, 15) is 0 Å². The normalized spacial score (nSPS) is 24.8. The molecule has 0 aromatic rings. The van der Waals surface area contributed by atoms with E-state index in [4.69, 9.17) is 4.74 Å². The standard InChI is InChI=1S/C15H32N2O/c1-6-13(2)14-12-17(10-7-9-16-14)11-8-15(3,4)18-5/h13-14,16H,6-12H2,1-5H3. The first-order valence-electron chi connectivity index (χ1n) is 7.49. The van der Waals surface area contributed by atoms with Crippen LogP contribution in [0.1, 0.15) is 47.0 Å². The van der Waals surface area contributed by atoms with Crippen LogP contribution in [-0.4, -0.2) is 49.8 Å². The van der Waals surface area contributed by atoms with Gasteiger partial charge in [0.2, 0.25) is 0 Å². The summed E-state index contributed by atoms with van der Waals surface area (Å²) in [5.41, 5.74) is 0.00556. The minimum atomic E-state index is 0.00556. The lowest BCUT2D eigenvalue weighted by Crippen LogP contribution is -2.43. The minimum absolute atomic E-state index is 0.00556. The lowest BCUT2D eigenvalue weighted by Gasteiger charge is -2.31. The minimum Gasteiger partial charge on any atom is -0.379 e. The van der Waals surface area contributed by atoms with Gasteiger partial charge in [0.15, 0.2) is 0 Å². The molecule has 1 heterocycles. The lowest BCUT2D eigenvalue weighted by molar-refractivity contribution is 0.00700. The van der Waals surface area contributed by atoms with Crippen LogP contribution in [0.4, 0.5) is 0 Å². The van der Waals surface area contributed by atoms with E-state index in [1.807, 2.05) is 7.11 Å². The van der Waals surface area contributed by atoms with Crippen molar-refractivity contribution >= 4 is 0 Å². The first-order chi connectivity index (χ1) is 8.48. The van der Waals surface area contributed by atoms with Crippen LogP contribution in [0.25, 0.3) is 0 Å². The second-order valence-corrected chi connectivity index (χ2v) is 6.31. The largest absolute Gasteiger partial charge is 0.379 e. The molecule has 3 heteroatoms. The number of methoxy groups -OCH3 is 1. The molecule has 0 saturated carbocycles. The summed E-state index contributed by atoms with van der Waals surface area (Å²) in [6.45, 7) is 13.7. The molecule has 0 aromatic carbocycles. The van der Waals surface area contributed by atoms with Gasteiger partial charge < -0.3 is 15.0 Å². The number of ether oxygens (including phenoxy) is 1. The second kappa shape index (κ2) is 7.46. The van der Waals surface area contributed by atoms with E-state index in [1.54, 1.807) is 0 Å². The fourth-order valence-corrected chi connectivity index (χ4v) is 2.42. The van der Waals surface area contributed by atoms with E-state index < -0.39 is 0 Å². The number of hydrogen-bond donors (Lipinski definition) is 1. The quantitative estimate of drug-likeness (QED) is 0.790. The molecule has 1 aliphatic rings. The van der Waals surface area contributed by atoms with Crippen LogP contribution in [-0.2, 0) is 4.74 Å². The second-order valence-electron chi connectivity index (χ2n) is 6.31. The molecule has 1 saturated heterocycles. The summed E-state index contributed by atoms with van der Waals surface area (Å²) in [5, 5.41) is 3.70. The number of nitrogens with zero attached hydrogens (tertiary/aromatic N) is 1. The van der Waals surface area contributed by atoms with E-state index in [2.05, 4.69) is 37.9 Å². The topological polar surface area (TPSA) is 24.5 Å². The van der Waals surface area contributed by atoms with Crippen molar-refractivity contribution in [1.82, 2.24) is 10.2 Å². The molecule has 0 radical (unpaired) electrons. The highest BCUT2D eigenvalue weighted by atomic mass is 16.5. The van der Waals surface area contributed by atoms with Crippen molar-refractivity contribution in [2.75, 3.05) is 33.3 Å². The molecule has 0 amide bonds. The smallest absolute Gasteiger partial charge is 0.0634 e. The van der Waals surface area contributed by atoms with Crippen molar-refractivity contribution in [3.63, 3.8) is 0 Å². The van der Waals surface area contributed by atoms with E-state index in [0.717, 1.165) is 18.9 Å². The van der Waals surface area contributed by atoms with Crippen molar-refractivity contribution in [1.29, 1.82) is 0 Å². The molecule has 3 nitrogen and oxygen atoms in total.